The average molecular weight is 538 g/mol. The van der Waals surface area contributed by atoms with Gasteiger partial charge in [-0.3, -0.25) is 14.3 Å². The zero-order chi connectivity index (χ0) is 28.4. The fourth-order valence-corrected chi connectivity index (χ4v) is 4.62. The number of halogens is 1. The van der Waals surface area contributed by atoms with Gasteiger partial charge in [0.05, 0.1) is 44.0 Å². The van der Waals surface area contributed by atoms with Crippen LogP contribution in [0, 0.1) is 5.82 Å². The van der Waals surface area contributed by atoms with Crippen LogP contribution < -0.4 is 14.8 Å². The van der Waals surface area contributed by atoms with E-state index in [0.29, 0.717) is 28.3 Å². The number of ether oxygens (including phenoxy) is 2. The standard InChI is InChI=1S/C28H30FN3O5.C2H6/c1-36-24-8-5-9-25(37-2)27(24)23-17-22(31-32(23)21-6-3-4-7-21)28(35)30-20(16-26(33)34)15-12-18-10-13-19(29)14-11-18;1-2/h5,8-15,17,20-21H,3-4,6-7,16H2,1-2H3,(H,30,35)(H,33,34);1-2H3/b15-12+;. The third-order valence-electron chi connectivity index (χ3n) is 6.42. The minimum absolute atomic E-state index is 0.124. The third kappa shape index (κ3) is 7.46. The van der Waals surface area contributed by atoms with Crippen molar-refractivity contribution >= 4 is 18.0 Å². The maximum Gasteiger partial charge on any atom is 0.305 e. The minimum Gasteiger partial charge on any atom is -0.496 e. The Balaban J connectivity index is 0.00000205. The van der Waals surface area contributed by atoms with E-state index in [1.54, 1.807) is 44.6 Å². The lowest BCUT2D eigenvalue weighted by molar-refractivity contribution is -0.137. The van der Waals surface area contributed by atoms with Crippen molar-refractivity contribution in [2.75, 3.05) is 14.2 Å². The Hall–Kier alpha value is -4.14. The first-order valence-corrected chi connectivity index (χ1v) is 13.2. The van der Waals surface area contributed by atoms with Gasteiger partial charge in [-0.2, -0.15) is 5.10 Å². The number of nitrogens with zero attached hydrogens (tertiary/aromatic N) is 2. The lowest BCUT2D eigenvalue weighted by atomic mass is 10.1. The van der Waals surface area contributed by atoms with Gasteiger partial charge in [0.15, 0.2) is 5.69 Å². The maximum absolute atomic E-state index is 13.3. The molecule has 0 aliphatic heterocycles. The molecule has 1 aliphatic rings. The predicted molar refractivity (Wildman–Crippen MR) is 149 cm³/mol. The van der Waals surface area contributed by atoms with Crippen molar-refractivity contribution in [3.8, 4) is 22.8 Å². The molecule has 208 valence electrons. The molecule has 8 nitrogen and oxygen atoms in total. The summed E-state index contributed by atoms with van der Waals surface area (Å²) in [5, 5.41) is 16.8. The van der Waals surface area contributed by atoms with E-state index < -0.39 is 17.9 Å². The van der Waals surface area contributed by atoms with E-state index in [-0.39, 0.29) is 24.0 Å². The second-order valence-electron chi connectivity index (χ2n) is 8.92. The molecule has 0 saturated heterocycles. The molecular formula is C30H36FN3O5. The lowest BCUT2D eigenvalue weighted by Gasteiger charge is -2.18. The summed E-state index contributed by atoms with van der Waals surface area (Å²) >= 11 is 0. The Morgan fingerprint density at radius 1 is 1.10 bits per heavy atom. The van der Waals surface area contributed by atoms with Gasteiger partial charge in [0, 0.05) is 0 Å². The van der Waals surface area contributed by atoms with E-state index in [0.717, 1.165) is 25.7 Å². The van der Waals surface area contributed by atoms with E-state index in [1.165, 1.54) is 12.1 Å². The van der Waals surface area contributed by atoms with Crippen molar-refractivity contribution in [3.63, 3.8) is 0 Å². The van der Waals surface area contributed by atoms with Crippen LogP contribution in [0.5, 0.6) is 11.5 Å². The summed E-state index contributed by atoms with van der Waals surface area (Å²) in [4.78, 5) is 24.7. The summed E-state index contributed by atoms with van der Waals surface area (Å²) in [6.45, 7) is 4.00. The highest BCUT2D eigenvalue weighted by atomic mass is 19.1. The SMILES string of the molecule is CC.COc1cccc(OC)c1-c1cc(C(=O)NC(/C=C/c2ccc(F)cc2)CC(=O)O)nn1C1CCCC1. The number of carboxylic acids is 1. The number of methoxy groups -OCH3 is 2. The number of amides is 1. The molecule has 0 spiro atoms. The van der Waals surface area contributed by atoms with Crippen molar-refractivity contribution in [3.05, 3.63) is 71.7 Å². The van der Waals surface area contributed by atoms with Crippen molar-refractivity contribution in [2.45, 2.75) is 58.0 Å². The second-order valence-corrected chi connectivity index (χ2v) is 8.92. The average Bonchev–Trinajstić information content (AvgIpc) is 3.63. The molecule has 1 saturated carbocycles. The predicted octanol–water partition coefficient (Wildman–Crippen LogP) is 6.13. The highest BCUT2D eigenvalue weighted by Crippen LogP contribution is 2.41. The molecule has 2 N–H and O–H groups in total. The quantitative estimate of drug-likeness (QED) is 0.322. The van der Waals surface area contributed by atoms with Crippen LogP contribution in [0.1, 0.15) is 68.0 Å². The van der Waals surface area contributed by atoms with Gasteiger partial charge in [-0.15, -0.1) is 0 Å². The van der Waals surface area contributed by atoms with Gasteiger partial charge in [-0.1, -0.05) is 57.0 Å². The first kappa shape index (κ1) is 29.4. The number of hydrogen-bond acceptors (Lipinski definition) is 5. The highest BCUT2D eigenvalue weighted by Gasteiger charge is 2.27. The molecule has 4 rings (SSSR count). The van der Waals surface area contributed by atoms with Crippen molar-refractivity contribution in [1.82, 2.24) is 15.1 Å². The Morgan fingerprint density at radius 3 is 2.28 bits per heavy atom. The van der Waals surface area contributed by atoms with E-state index >= 15 is 0 Å². The number of carboxylic acid groups (broad SMARTS) is 1. The van der Waals surface area contributed by atoms with Crippen LogP contribution in [0.3, 0.4) is 0 Å². The van der Waals surface area contributed by atoms with Crippen LogP contribution in [-0.2, 0) is 4.79 Å². The smallest absolute Gasteiger partial charge is 0.305 e. The second kappa shape index (κ2) is 14.1. The van der Waals surface area contributed by atoms with Gasteiger partial charge >= 0.3 is 5.97 Å². The molecule has 1 amide bonds. The number of nitrogens with one attached hydrogen (secondary N) is 1. The van der Waals surface area contributed by atoms with Gasteiger partial charge in [-0.25, -0.2) is 4.39 Å². The number of rotatable bonds is 10. The summed E-state index contributed by atoms with van der Waals surface area (Å²) < 4.78 is 26.3. The van der Waals surface area contributed by atoms with E-state index in [9.17, 15) is 19.1 Å². The zero-order valence-corrected chi connectivity index (χ0v) is 22.8. The van der Waals surface area contributed by atoms with Gasteiger partial charge in [0.2, 0.25) is 0 Å². The molecule has 3 aromatic rings. The number of hydrogen-bond donors (Lipinski definition) is 2. The molecule has 1 aliphatic carbocycles. The number of carbonyl (C=O) groups excluding carboxylic acids is 1. The van der Waals surface area contributed by atoms with Crippen LogP contribution in [0.4, 0.5) is 4.39 Å². The molecule has 1 unspecified atom stereocenters. The highest BCUT2D eigenvalue weighted by molar-refractivity contribution is 5.94. The zero-order valence-electron chi connectivity index (χ0n) is 22.8. The van der Waals surface area contributed by atoms with E-state index in [2.05, 4.69) is 10.4 Å². The summed E-state index contributed by atoms with van der Waals surface area (Å²) in [5.74, 6) is -0.743. The Bertz CT molecular complexity index is 1260. The molecule has 2 aromatic carbocycles. The largest absolute Gasteiger partial charge is 0.496 e. The summed E-state index contributed by atoms with van der Waals surface area (Å²) in [6, 6.07) is 12.3. The maximum atomic E-state index is 13.3. The fraction of sp³-hybridized carbons (Fsp3) is 0.367. The topological polar surface area (TPSA) is 103 Å². The molecule has 1 fully saturated rings. The van der Waals surface area contributed by atoms with Crippen molar-refractivity contribution in [2.24, 2.45) is 0 Å². The van der Waals surface area contributed by atoms with Gasteiger partial charge in [0.1, 0.15) is 17.3 Å². The fourth-order valence-electron chi connectivity index (χ4n) is 4.62. The first-order valence-electron chi connectivity index (χ1n) is 13.2. The summed E-state index contributed by atoms with van der Waals surface area (Å²) in [6.07, 6.45) is 6.93. The molecule has 1 atom stereocenters. The number of aliphatic carboxylic acids is 1. The monoisotopic (exact) mass is 537 g/mol. The normalized spacial score (nSPS) is 14.0. The molecule has 39 heavy (non-hydrogen) atoms. The van der Waals surface area contributed by atoms with Crippen LogP contribution in [0.25, 0.3) is 17.3 Å². The van der Waals surface area contributed by atoms with Gasteiger partial charge < -0.3 is 19.9 Å². The van der Waals surface area contributed by atoms with Crippen LogP contribution in [0.15, 0.2) is 54.6 Å². The Kier molecular flexibility index (Phi) is 10.7. The molecule has 1 heterocycles. The lowest BCUT2D eigenvalue weighted by Crippen LogP contribution is -2.35. The molecule has 0 bridgehead atoms. The van der Waals surface area contributed by atoms with E-state index in [4.69, 9.17) is 9.47 Å². The Labute approximate surface area is 228 Å². The molecule has 0 radical (unpaired) electrons. The van der Waals surface area contributed by atoms with Crippen molar-refractivity contribution < 1.29 is 28.6 Å². The molecule has 9 heteroatoms. The minimum atomic E-state index is -1.06. The number of benzene rings is 2. The van der Waals surface area contributed by atoms with Crippen molar-refractivity contribution in [1.29, 1.82) is 0 Å². The number of aromatic nitrogens is 2. The van der Waals surface area contributed by atoms with Crippen LogP contribution >= 0.6 is 0 Å². The molecule has 1 aromatic heterocycles. The third-order valence-corrected chi connectivity index (χ3v) is 6.42. The number of carbonyl (C=O) groups is 2. The van der Waals surface area contributed by atoms with Crippen LogP contribution in [-0.4, -0.2) is 47.0 Å². The summed E-state index contributed by atoms with van der Waals surface area (Å²) in [5.41, 5.74) is 2.25. The van der Waals surface area contributed by atoms with Gasteiger partial charge in [-0.05, 0) is 48.7 Å². The Morgan fingerprint density at radius 2 is 1.72 bits per heavy atom. The first-order chi connectivity index (χ1) is 18.9. The summed E-state index contributed by atoms with van der Waals surface area (Å²) in [7, 11) is 3.15. The van der Waals surface area contributed by atoms with Crippen LogP contribution in [0.2, 0.25) is 0 Å². The van der Waals surface area contributed by atoms with Gasteiger partial charge in [0.25, 0.3) is 5.91 Å². The van der Waals surface area contributed by atoms with E-state index in [1.807, 2.05) is 36.7 Å². The molecular weight excluding hydrogens is 501 g/mol.